The molecule has 0 saturated carbocycles. The Kier molecular flexibility index (Phi) is 6.86. The summed E-state index contributed by atoms with van der Waals surface area (Å²) in [6.07, 6.45) is 3.28. The number of nitrogens with one attached hydrogen (secondary N) is 3. The third kappa shape index (κ3) is 5.92. The van der Waals surface area contributed by atoms with Gasteiger partial charge in [-0.3, -0.25) is 9.71 Å². The molecule has 2 amide bonds. The molecular formula is C22H20N4O5S. The van der Waals surface area contributed by atoms with E-state index < -0.39 is 22.0 Å². The lowest BCUT2D eigenvalue weighted by atomic mass is 10.1. The molecule has 164 valence electrons. The highest BCUT2D eigenvalue weighted by Gasteiger charge is 2.15. The van der Waals surface area contributed by atoms with Gasteiger partial charge in [0.2, 0.25) is 0 Å². The van der Waals surface area contributed by atoms with E-state index in [-0.39, 0.29) is 16.2 Å². The fourth-order valence-electron chi connectivity index (χ4n) is 2.65. The summed E-state index contributed by atoms with van der Waals surface area (Å²) in [5.74, 6) is -1.15. The number of carbonyl (C=O) groups excluding carboxylic acids is 1. The van der Waals surface area contributed by atoms with E-state index in [1.807, 2.05) is 6.07 Å². The van der Waals surface area contributed by atoms with E-state index in [2.05, 4.69) is 26.9 Å². The zero-order chi connectivity index (χ0) is 23.1. The second kappa shape index (κ2) is 9.75. The van der Waals surface area contributed by atoms with Gasteiger partial charge in [0.05, 0.1) is 10.5 Å². The monoisotopic (exact) mass is 452 g/mol. The van der Waals surface area contributed by atoms with Gasteiger partial charge in [-0.2, -0.15) is 0 Å². The van der Waals surface area contributed by atoms with Crippen LogP contribution in [0.2, 0.25) is 0 Å². The van der Waals surface area contributed by atoms with Gasteiger partial charge in [-0.25, -0.2) is 18.0 Å². The molecule has 3 rings (SSSR count). The van der Waals surface area contributed by atoms with E-state index in [4.69, 9.17) is 5.11 Å². The second-order valence-electron chi connectivity index (χ2n) is 6.66. The number of aromatic nitrogens is 1. The first kappa shape index (κ1) is 22.5. The molecule has 0 saturated heterocycles. The molecule has 0 unspecified atom stereocenters. The maximum absolute atomic E-state index is 12.6. The normalized spacial score (nSPS) is 10.8. The van der Waals surface area contributed by atoms with Crippen molar-refractivity contribution in [3.05, 3.63) is 90.8 Å². The fraction of sp³-hybridized carbons (Fsp3) is 0.0455. The van der Waals surface area contributed by atoms with Gasteiger partial charge >= 0.3 is 12.0 Å². The number of carboxylic acid groups (broad SMARTS) is 1. The van der Waals surface area contributed by atoms with Crippen LogP contribution in [-0.4, -0.2) is 30.5 Å². The Bertz CT molecular complexity index is 1230. The van der Waals surface area contributed by atoms with E-state index in [0.29, 0.717) is 17.8 Å². The van der Waals surface area contributed by atoms with E-state index in [9.17, 15) is 18.0 Å². The average Bonchev–Trinajstić information content (AvgIpc) is 2.78. The molecule has 0 aliphatic carbocycles. The Morgan fingerprint density at radius 3 is 2.22 bits per heavy atom. The molecule has 0 fully saturated rings. The molecule has 2 aromatic carbocycles. The minimum atomic E-state index is -3.88. The Morgan fingerprint density at radius 1 is 0.969 bits per heavy atom. The fourth-order valence-corrected chi connectivity index (χ4v) is 3.71. The molecule has 1 aromatic heterocycles. The van der Waals surface area contributed by atoms with Crippen molar-refractivity contribution in [2.45, 2.75) is 11.4 Å². The summed E-state index contributed by atoms with van der Waals surface area (Å²) in [7, 11) is -3.88. The van der Waals surface area contributed by atoms with Crippen LogP contribution in [0.5, 0.6) is 0 Å². The van der Waals surface area contributed by atoms with Gasteiger partial charge in [0.15, 0.2) is 0 Å². The largest absolute Gasteiger partial charge is 0.478 e. The molecule has 0 aliphatic heterocycles. The van der Waals surface area contributed by atoms with E-state index >= 15 is 0 Å². The first-order valence-corrected chi connectivity index (χ1v) is 10.8. The van der Waals surface area contributed by atoms with E-state index in [1.165, 1.54) is 48.5 Å². The Hall–Kier alpha value is -4.18. The number of hydrogen-bond acceptors (Lipinski definition) is 5. The number of aliphatic carboxylic acids is 1. The SMILES string of the molecule is C=C(C(=O)O)c1ccc(NS(=O)(=O)c2ccc(NC(=O)NCc3cccnc3)cc2)cc1. The summed E-state index contributed by atoms with van der Waals surface area (Å²) in [6, 6.07) is 14.6. The molecule has 1 heterocycles. The second-order valence-corrected chi connectivity index (χ2v) is 8.34. The molecule has 3 aromatic rings. The number of carbonyl (C=O) groups is 2. The number of rotatable bonds is 8. The average molecular weight is 452 g/mol. The van der Waals surface area contributed by atoms with Gasteiger partial charge in [0.1, 0.15) is 0 Å². The van der Waals surface area contributed by atoms with Gasteiger partial charge in [0.25, 0.3) is 10.0 Å². The van der Waals surface area contributed by atoms with Crippen LogP contribution in [0.1, 0.15) is 11.1 Å². The number of benzene rings is 2. The van der Waals surface area contributed by atoms with Crippen molar-refractivity contribution in [1.82, 2.24) is 10.3 Å². The number of nitrogens with zero attached hydrogens (tertiary/aromatic N) is 1. The lowest BCUT2D eigenvalue weighted by Gasteiger charge is -2.11. The van der Waals surface area contributed by atoms with Crippen LogP contribution in [0.4, 0.5) is 16.2 Å². The van der Waals surface area contributed by atoms with Crippen molar-refractivity contribution in [3.63, 3.8) is 0 Å². The Balaban J connectivity index is 1.60. The summed E-state index contributed by atoms with van der Waals surface area (Å²) in [4.78, 5) is 26.9. The minimum absolute atomic E-state index is 0.00200. The summed E-state index contributed by atoms with van der Waals surface area (Å²) in [6.45, 7) is 3.76. The molecule has 10 heteroatoms. The number of sulfonamides is 1. The quantitative estimate of drug-likeness (QED) is 0.387. The molecule has 4 N–H and O–H groups in total. The lowest BCUT2D eigenvalue weighted by Crippen LogP contribution is -2.28. The van der Waals surface area contributed by atoms with Crippen molar-refractivity contribution < 1.29 is 23.1 Å². The van der Waals surface area contributed by atoms with Crippen LogP contribution in [-0.2, 0) is 21.4 Å². The molecule has 32 heavy (non-hydrogen) atoms. The zero-order valence-corrected chi connectivity index (χ0v) is 17.6. The first-order chi connectivity index (χ1) is 15.2. The number of carboxylic acids is 1. The van der Waals surface area contributed by atoms with Crippen LogP contribution in [0.25, 0.3) is 5.57 Å². The number of pyridine rings is 1. The molecule has 0 aliphatic rings. The van der Waals surface area contributed by atoms with Gasteiger partial charge < -0.3 is 15.7 Å². The molecule has 0 atom stereocenters. The van der Waals surface area contributed by atoms with Crippen LogP contribution < -0.4 is 15.4 Å². The summed E-state index contributed by atoms with van der Waals surface area (Å²) in [5.41, 5.74) is 1.81. The van der Waals surface area contributed by atoms with Crippen molar-refractivity contribution in [3.8, 4) is 0 Å². The van der Waals surface area contributed by atoms with Crippen LogP contribution in [0.15, 0.2) is 84.5 Å². The zero-order valence-electron chi connectivity index (χ0n) is 16.8. The number of hydrogen-bond donors (Lipinski definition) is 4. The molecular weight excluding hydrogens is 432 g/mol. The van der Waals surface area contributed by atoms with Crippen molar-refractivity contribution in [2.75, 3.05) is 10.0 Å². The summed E-state index contributed by atoms with van der Waals surface area (Å²) < 4.78 is 27.6. The summed E-state index contributed by atoms with van der Waals surface area (Å²) in [5, 5.41) is 14.3. The minimum Gasteiger partial charge on any atom is -0.478 e. The van der Waals surface area contributed by atoms with E-state index in [0.717, 1.165) is 5.56 Å². The Morgan fingerprint density at radius 2 is 1.62 bits per heavy atom. The van der Waals surface area contributed by atoms with Crippen molar-refractivity contribution in [2.24, 2.45) is 0 Å². The molecule has 9 nitrogen and oxygen atoms in total. The molecule has 0 spiro atoms. The number of amides is 2. The highest BCUT2D eigenvalue weighted by Crippen LogP contribution is 2.20. The standard InChI is InChI=1S/C22H20N4O5S/c1-15(21(27)28)17-4-6-19(7-5-17)26-32(30,31)20-10-8-18(9-11-20)25-22(29)24-14-16-3-2-12-23-13-16/h2-13,26H,1,14H2,(H,27,28)(H2,24,25,29). The van der Waals surface area contributed by atoms with Crippen LogP contribution >= 0.6 is 0 Å². The molecule has 0 bridgehead atoms. The van der Waals surface area contributed by atoms with E-state index in [1.54, 1.807) is 18.5 Å². The van der Waals surface area contributed by atoms with Gasteiger partial charge in [-0.05, 0) is 53.6 Å². The van der Waals surface area contributed by atoms with Crippen molar-refractivity contribution in [1.29, 1.82) is 0 Å². The van der Waals surface area contributed by atoms with Crippen molar-refractivity contribution >= 4 is 39.0 Å². The highest BCUT2D eigenvalue weighted by molar-refractivity contribution is 7.92. The van der Waals surface area contributed by atoms with Gasteiger partial charge in [-0.1, -0.05) is 24.8 Å². The lowest BCUT2D eigenvalue weighted by molar-refractivity contribution is -0.130. The predicted octanol–water partition coefficient (Wildman–Crippen LogP) is 3.30. The van der Waals surface area contributed by atoms with Crippen LogP contribution in [0, 0.1) is 0 Å². The third-order valence-electron chi connectivity index (χ3n) is 4.34. The first-order valence-electron chi connectivity index (χ1n) is 9.34. The molecule has 0 radical (unpaired) electrons. The van der Waals surface area contributed by atoms with Crippen LogP contribution in [0.3, 0.4) is 0 Å². The smallest absolute Gasteiger partial charge is 0.335 e. The Labute approximate surface area is 184 Å². The predicted molar refractivity (Wildman–Crippen MR) is 120 cm³/mol. The number of anilines is 2. The number of urea groups is 1. The highest BCUT2D eigenvalue weighted by atomic mass is 32.2. The van der Waals surface area contributed by atoms with Gasteiger partial charge in [-0.15, -0.1) is 0 Å². The van der Waals surface area contributed by atoms with Gasteiger partial charge in [0, 0.05) is 30.3 Å². The maximum Gasteiger partial charge on any atom is 0.335 e. The summed E-state index contributed by atoms with van der Waals surface area (Å²) >= 11 is 0. The maximum atomic E-state index is 12.6. The topological polar surface area (TPSA) is 137 Å². The third-order valence-corrected chi connectivity index (χ3v) is 5.74.